The number of halogens is 1. The summed E-state index contributed by atoms with van der Waals surface area (Å²) in [6.07, 6.45) is 1.63. The van der Waals surface area contributed by atoms with Crippen LogP contribution in [0, 0.1) is 5.82 Å². The number of aliphatic carboxylic acids is 1. The van der Waals surface area contributed by atoms with E-state index in [1.807, 2.05) is 0 Å². The Morgan fingerprint density at radius 2 is 2.06 bits per heavy atom. The highest BCUT2D eigenvalue weighted by molar-refractivity contribution is 5.71. The Kier molecular flexibility index (Phi) is 2.05. The zero-order chi connectivity index (χ0) is 12.0. The van der Waals surface area contributed by atoms with Gasteiger partial charge in [0, 0.05) is 11.0 Å². The minimum Gasteiger partial charge on any atom is -0.481 e. The van der Waals surface area contributed by atoms with Gasteiger partial charge >= 0.3 is 5.97 Å². The van der Waals surface area contributed by atoms with E-state index in [1.165, 1.54) is 6.07 Å². The third kappa shape index (κ3) is 1.53. The normalized spacial score (nSPS) is 19.1. The summed E-state index contributed by atoms with van der Waals surface area (Å²) >= 11 is 0. The summed E-state index contributed by atoms with van der Waals surface area (Å²) < 4.78 is 23.7. The lowest BCUT2D eigenvalue weighted by Gasteiger charge is -2.15. The molecule has 1 aromatic carbocycles. The predicted molar refractivity (Wildman–Crippen MR) is 55.7 cm³/mol. The quantitative estimate of drug-likeness (QED) is 0.875. The van der Waals surface area contributed by atoms with Crippen LogP contribution in [-0.2, 0) is 10.2 Å². The Bertz CT molecular complexity index is 494. The van der Waals surface area contributed by atoms with E-state index in [9.17, 15) is 9.18 Å². The summed E-state index contributed by atoms with van der Waals surface area (Å²) in [5.74, 6) is -0.824. The first-order valence-electron chi connectivity index (χ1n) is 5.43. The third-order valence-electron chi connectivity index (χ3n) is 3.39. The molecule has 17 heavy (non-hydrogen) atoms. The monoisotopic (exact) mass is 238 g/mol. The lowest BCUT2D eigenvalue weighted by atomic mass is 9.91. The van der Waals surface area contributed by atoms with E-state index in [-0.39, 0.29) is 19.0 Å². The van der Waals surface area contributed by atoms with Crippen molar-refractivity contribution in [3.05, 3.63) is 23.5 Å². The second-order valence-electron chi connectivity index (χ2n) is 4.51. The van der Waals surface area contributed by atoms with E-state index in [0.29, 0.717) is 5.75 Å². The molecular weight excluding hydrogens is 227 g/mol. The number of hydrogen-bond acceptors (Lipinski definition) is 3. The van der Waals surface area contributed by atoms with Crippen LogP contribution in [0.5, 0.6) is 11.5 Å². The molecular formula is C12H11FO4. The number of rotatable bonds is 3. The van der Waals surface area contributed by atoms with Crippen LogP contribution in [0.25, 0.3) is 0 Å². The first-order valence-corrected chi connectivity index (χ1v) is 5.43. The molecule has 1 heterocycles. The van der Waals surface area contributed by atoms with Gasteiger partial charge < -0.3 is 14.6 Å². The standard InChI is InChI=1S/C12H11FO4/c13-8-2-1-7(10-11(8)17-6-16-10)12(3-4-12)5-9(14)15/h1-2H,3-6H2,(H,14,15). The zero-order valence-corrected chi connectivity index (χ0v) is 9.03. The molecule has 0 atom stereocenters. The Hall–Kier alpha value is -1.78. The number of ether oxygens (including phenoxy) is 2. The minimum absolute atomic E-state index is 0.00752. The van der Waals surface area contributed by atoms with Crippen LogP contribution in [0.4, 0.5) is 4.39 Å². The summed E-state index contributed by atoms with van der Waals surface area (Å²) in [7, 11) is 0. The van der Waals surface area contributed by atoms with Gasteiger partial charge in [-0.3, -0.25) is 4.79 Å². The van der Waals surface area contributed by atoms with E-state index < -0.39 is 17.2 Å². The highest BCUT2D eigenvalue weighted by Gasteiger charge is 2.49. The molecule has 0 radical (unpaired) electrons. The second-order valence-corrected chi connectivity index (χ2v) is 4.51. The molecule has 3 rings (SSSR count). The number of carboxylic acids is 1. The van der Waals surface area contributed by atoms with Crippen molar-refractivity contribution in [3.63, 3.8) is 0 Å². The van der Waals surface area contributed by atoms with Crippen molar-refractivity contribution in [1.29, 1.82) is 0 Å². The van der Waals surface area contributed by atoms with Crippen molar-refractivity contribution < 1.29 is 23.8 Å². The zero-order valence-electron chi connectivity index (χ0n) is 9.03. The van der Waals surface area contributed by atoms with Gasteiger partial charge in [-0.2, -0.15) is 0 Å². The number of benzene rings is 1. The van der Waals surface area contributed by atoms with Crippen molar-refractivity contribution in [2.45, 2.75) is 24.7 Å². The lowest BCUT2D eigenvalue weighted by molar-refractivity contribution is -0.137. The van der Waals surface area contributed by atoms with Gasteiger partial charge in [0.2, 0.25) is 12.5 Å². The SMILES string of the molecule is O=C(O)CC1(c2ccc(F)c3c2OCO3)CC1. The highest BCUT2D eigenvalue weighted by atomic mass is 19.1. The topological polar surface area (TPSA) is 55.8 Å². The van der Waals surface area contributed by atoms with E-state index in [4.69, 9.17) is 14.6 Å². The van der Waals surface area contributed by atoms with E-state index in [0.717, 1.165) is 18.4 Å². The van der Waals surface area contributed by atoms with Crippen molar-refractivity contribution in [3.8, 4) is 11.5 Å². The van der Waals surface area contributed by atoms with Gasteiger partial charge in [-0.1, -0.05) is 6.07 Å². The average molecular weight is 238 g/mol. The molecule has 1 aliphatic heterocycles. The second kappa shape index (κ2) is 3.35. The summed E-state index contributed by atoms with van der Waals surface area (Å²) in [4.78, 5) is 10.8. The maximum absolute atomic E-state index is 13.4. The molecule has 0 aromatic heterocycles. The summed E-state index contributed by atoms with van der Waals surface area (Å²) in [6.45, 7) is -0.00752. The molecule has 0 unspecified atom stereocenters. The summed E-state index contributed by atoms with van der Waals surface area (Å²) in [6, 6.07) is 2.92. The molecule has 1 aliphatic carbocycles. The molecule has 1 N–H and O–H groups in total. The molecule has 90 valence electrons. The van der Waals surface area contributed by atoms with Gasteiger partial charge in [0.1, 0.15) is 0 Å². The molecule has 2 aliphatic rings. The largest absolute Gasteiger partial charge is 0.481 e. The van der Waals surface area contributed by atoms with Crippen LogP contribution in [0.3, 0.4) is 0 Å². The fourth-order valence-electron chi connectivity index (χ4n) is 2.36. The van der Waals surface area contributed by atoms with Crippen molar-refractivity contribution >= 4 is 5.97 Å². The predicted octanol–water partition coefficient (Wildman–Crippen LogP) is 2.06. The molecule has 1 fully saturated rings. The average Bonchev–Trinajstić information content (AvgIpc) is 2.86. The van der Waals surface area contributed by atoms with E-state index >= 15 is 0 Å². The van der Waals surface area contributed by atoms with E-state index in [1.54, 1.807) is 6.07 Å². The van der Waals surface area contributed by atoms with Crippen molar-refractivity contribution in [2.75, 3.05) is 6.79 Å². The van der Waals surface area contributed by atoms with Gasteiger partial charge in [-0.05, 0) is 18.9 Å². The maximum atomic E-state index is 13.4. The van der Waals surface area contributed by atoms with Crippen LogP contribution in [0.1, 0.15) is 24.8 Å². The van der Waals surface area contributed by atoms with Gasteiger partial charge in [0.05, 0.1) is 6.42 Å². The third-order valence-corrected chi connectivity index (χ3v) is 3.39. The fourth-order valence-corrected chi connectivity index (χ4v) is 2.36. The first kappa shape index (κ1) is 10.4. The van der Waals surface area contributed by atoms with Crippen LogP contribution in [0.15, 0.2) is 12.1 Å². The molecule has 0 bridgehead atoms. The van der Waals surface area contributed by atoms with Crippen LogP contribution in [0.2, 0.25) is 0 Å². The van der Waals surface area contributed by atoms with Gasteiger partial charge in [-0.25, -0.2) is 4.39 Å². The van der Waals surface area contributed by atoms with Crippen LogP contribution < -0.4 is 9.47 Å². The number of carboxylic acid groups (broad SMARTS) is 1. The van der Waals surface area contributed by atoms with Crippen molar-refractivity contribution in [1.82, 2.24) is 0 Å². The minimum atomic E-state index is -0.848. The van der Waals surface area contributed by atoms with Crippen LogP contribution >= 0.6 is 0 Å². The highest BCUT2D eigenvalue weighted by Crippen LogP contribution is 2.56. The Balaban J connectivity index is 2.05. The molecule has 4 nitrogen and oxygen atoms in total. The Labute approximate surface area is 97.0 Å². The molecule has 1 aromatic rings. The van der Waals surface area contributed by atoms with Gasteiger partial charge in [-0.15, -0.1) is 0 Å². The smallest absolute Gasteiger partial charge is 0.304 e. The number of fused-ring (bicyclic) bond motifs is 1. The lowest BCUT2D eigenvalue weighted by Crippen LogP contribution is -2.13. The van der Waals surface area contributed by atoms with Gasteiger partial charge in [0.15, 0.2) is 11.6 Å². The molecule has 0 amide bonds. The first-order chi connectivity index (χ1) is 8.12. The number of carbonyl (C=O) groups is 1. The van der Waals surface area contributed by atoms with Gasteiger partial charge in [0.25, 0.3) is 0 Å². The molecule has 0 saturated heterocycles. The van der Waals surface area contributed by atoms with Crippen LogP contribution in [-0.4, -0.2) is 17.9 Å². The fraction of sp³-hybridized carbons (Fsp3) is 0.417. The summed E-state index contributed by atoms with van der Waals surface area (Å²) in [5.41, 5.74) is 0.367. The molecule has 1 saturated carbocycles. The summed E-state index contributed by atoms with van der Waals surface area (Å²) in [5, 5.41) is 8.91. The Morgan fingerprint density at radius 1 is 1.35 bits per heavy atom. The molecule has 5 heteroatoms. The van der Waals surface area contributed by atoms with Crippen molar-refractivity contribution in [2.24, 2.45) is 0 Å². The Morgan fingerprint density at radius 3 is 2.71 bits per heavy atom. The maximum Gasteiger partial charge on any atom is 0.304 e. The number of hydrogen-bond donors (Lipinski definition) is 1. The van der Waals surface area contributed by atoms with E-state index in [2.05, 4.69) is 0 Å². The molecule has 0 spiro atoms.